The van der Waals surface area contributed by atoms with E-state index >= 15 is 0 Å². The van der Waals surface area contributed by atoms with Crippen LogP contribution in [0.4, 0.5) is 9.59 Å². The lowest BCUT2D eigenvalue weighted by Crippen LogP contribution is -2.18. The van der Waals surface area contributed by atoms with E-state index in [1.54, 1.807) is 0 Å². The SMILES string of the molecule is CC(O)COC(=O)OC/C=C/COC(=O)OCC(C)OO. The van der Waals surface area contributed by atoms with Gasteiger partial charge in [-0.2, -0.15) is 0 Å². The number of carbonyl (C=O) groups excluding carboxylic acids is 2. The van der Waals surface area contributed by atoms with Gasteiger partial charge in [-0.3, -0.25) is 5.26 Å². The van der Waals surface area contributed by atoms with Gasteiger partial charge in [0, 0.05) is 0 Å². The Morgan fingerprint density at radius 1 is 0.952 bits per heavy atom. The van der Waals surface area contributed by atoms with Crippen LogP contribution < -0.4 is 0 Å². The third-order valence-electron chi connectivity index (χ3n) is 1.82. The number of ether oxygens (including phenoxy) is 4. The lowest BCUT2D eigenvalue weighted by molar-refractivity contribution is -0.280. The molecule has 0 amide bonds. The topological polar surface area (TPSA) is 121 Å². The first-order chi connectivity index (χ1) is 9.95. The van der Waals surface area contributed by atoms with Crippen molar-refractivity contribution in [2.75, 3.05) is 26.4 Å². The molecule has 0 aliphatic heterocycles. The highest BCUT2D eigenvalue weighted by Crippen LogP contribution is 1.93. The van der Waals surface area contributed by atoms with Crippen LogP contribution >= 0.6 is 0 Å². The molecule has 0 aromatic carbocycles. The molecule has 0 aliphatic carbocycles. The average molecular weight is 308 g/mol. The highest BCUT2D eigenvalue weighted by atomic mass is 17.1. The predicted molar refractivity (Wildman–Crippen MR) is 68.6 cm³/mol. The van der Waals surface area contributed by atoms with Crippen LogP contribution in [0.15, 0.2) is 12.2 Å². The maximum Gasteiger partial charge on any atom is 0.508 e. The summed E-state index contributed by atoms with van der Waals surface area (Å²) in [7, 11) is 0. The van der Waals surface area contributed by atoms with Crippen LogP contribution in [-0.2, 0) is 23.8 Å². The molecule has 0 aromatic rings. The van der Waals surface area contributed by atoms with Crippen molar-refractivity contribution >= 4 is 12.3 Å². The first kappa shape index (κ1) is 19.2. The average Bonchev–Trinajstić information content (AvgIpc) is 2.45. The Morgan fingerprint density at radius 3 is 1.86 bits per heavy atom. The fraction of sp³-hybridized carbons (Fsp3) is 0.667. The Bertz CT molecular complexity index is 327. The van der Waals surface area contributed by atoms with Gasteiger partial charge in [0.15, 0.2) is 0 Å². The Kier molecular flexibility index (Phi) is 10.9. The fourth-order valence-corrected chi connectivity index (χ4v) is 0.856. The van der Waals surface area contributed by atoms with Crippen LogP contribution in [0.5, 0.6) is 0 Å². The zero-order chi connectivity index (χ0) is 16.1. The van der Waals surface area contributed by atoms with Gasteiger partial charge in [0.1, 0.15) is 32.5 Å². The van der Waals surface area contributed by atoms with E-state index in [0.29, 0.717) is 0 Å². The largest absolute Gasteiger partial charge is 0.508 e. The molecule has 122 valence electrons. The second-order valence-corrected chi connectivity index (χ2v) is 3.98. The summed E-state index contributed by atoms with van der Waals surface area (Å²) in [5, 5.41) is 17.1. The summed E-state index contributed by atoms with van der Waals surface area (Å²) in [5.74, 6) is 0. The van der Waals surface area contributed by atoms with E-state index < -0.39 is 24.5 Å². The first-order valence-electron chi connectivity index (χ1n) is 6.18. The Labute approximate surface area is 121 Å². The zero-order valence-corrected chi connectivity index (χ0v) is 11.9. The van der Waals surface area contributed by atoms with Crippen LogP contribution in [0.3, 0.4) is 0 Å². The lowest BCUT2D eigenvalue weighted by atomic mass is 10.4. The van der Waals surface area contributed by atoms with Crippen molar-refractivity contribution in [1.29, 1.82) is 0 Å². The highest BCUT2D eigenvalue weighted by molar-refractivity contribution is 5.60. The molecule has 0 spiro atoms. The standard InChI is InChI=1S/C12H20O9/c1-9(13)7-19-11(14)17-5-3-4-6-18-12(15)20-8-10(2)21-16/h3-4,9-10,13,16H,5-8H2,1-2H3/b4-3+. The van der Waals surface area contributed by atoms with E-state index in [9.17, 15) is 9.59 Å². The molecule has 21 heavy (non-hydrogen) atoms. The Morgan fingerprint density at radius 2 is 1.43 bits per heavy atom. The second kappa shape index (κ2) is 11.9. The summed E-state index contributed by atoms with van der Waals surface area (Å²) in [6.07, 6.45) is -0.341. The van der Waals surface area contributed by atoms with Gasteiger partial charge in [-0.25, -0.2) is 14.5 Å². The molecule has 2 unspecified atom stereocenters. The number of aliphatic hydroxyl groups is 1. The van der Waals surface area contributed by atoms with E-state index in [-0.39, 0.29) is 26.4 Å². The Hall–Kier alpha value is -1.84. The van der Waals surface area contributed by atoms with Gasteiger partial charge in [0.05, 0.1) is 6.10 Å². The van der Waals surface area contributed by atoms with Crippen molar-refractivity contribution in [1.82, 2.24) is 0 Å². The fourth-order valence-electron chi connectivity index (χ4n) is 0.856. The van der Waals surface area contributed by atoms with Gasteiger partial charge in [-0.1, -0.05) is 0 Å². The van der Waals surface area contributed by atoms with Crippen LogP contribution in [0.25, 0.3) is 0 Å². The molecule has 0 aliphatic rings. The van der Waals surface area contributed by atoms with E-state index in [0.717, 1.165) is 0 Å². The molecular weight excluding hydrogens is 288 g/mol. The third-order valence-corrected chi connectivity index (χ3v) is 1.82. The van der Waals surface area contributed by atoms with Gasteiger partial charge in [-0.15, -0.1) is 0 Å². The molecule has 0 aromatic heterocycles. The Balaban J connectivity index is 3.55. The number of carbonyl (C=O) groups is 2. The molecule has 0 radical (unpaired) electrons. The minimum Gasteiger partial charge on any atom is -0.432 e. The quantitative estimate of drug-likeness (QED) is 0.279. The summed E-state index contributed by atoms with van der Waals surface area (Å²) in [6.45, 7) is 2.55. The van der Waals surface area contributed by atoms with E-state index in [1.165, 1.54) is 26.0 Å². The van der Waals surface area contributed by atoms with Crippen molar-refractivity contribution < 1.29 is 43.8 Å². The van der Waals surface area contributed by atoms with Crippen molar-refractivity contribution in [2.45, 2.75) is 26.1 Å². The number of rotatable bonds is 9. The van der Waals surface area contributed by atoms with Gasteiger partial charge < -0.3 is 24.1 Å². The second-order valence-electron chi connectivity index (χ2n) is 3.98. The summed E-state index contributed by atoms with van der Waals surface area (Å²) in [5.41, 5.74) is 0. The molecule has 9 heteroatoms. The molecule has 2 atom stereocenters. The molecular formula is C12H20O9. The van der Waals surface area contributed by atoms with Gasteiger partial charge in [-0.05, 0) is 26.0 Å². The van der Waals surface area contributed by atoms with Crippen molar-refractivity contribution in [2.24, 2.45) is 0 Å². The van der Waals surface area contributed by atoms with Gasteiger partial charge in [0.2, 0.25) is 0 Å². The van der Waals surface area contributed by atoms with Crippen LogP contribution in [0, 0.1) is 0 Å². The molecule has 0 rings (SSSR count). The van der Waals surface area contributed by atoms with Crippen molar-refractivity contribution in [3.05, 3.63) is 12.2 Å². The molecule has 9 nitrogen and oxygen atoms in total. The van der Waals surface area contributed by atoms with E-state index in [1.807, 2.05) is 0 Å². The van der Waals surface area contributed by atoms with Gasteiger partial charge in [0.25, 0.3) is 0 Å². The van der Waals surface area contributed by atoms with Crippen LogP contribution in [0.1, 0.15) is 13.8 Å². The minimum atomic E-state index is -0.916. The molecule has 0 saturated heterocycles. The lowest BCUT2D eigenvalue weighted by Gasteiger charge is -2.08. The van der Waals surface area contributed by atoms with Crippen LogP contribution in [-0.4, -0.2) is 61.3 Å². The van der Waals surface area contributed by atoms with E-state index in [2.05, 4.69) is 23.8 Å². The number of aliphatic hydroxyl groups excluding tert-OH is 1. The smallest absolute Gasteiger partial charge is 0.432 e. The summed E-state index contributed by atoms with van der Waals surface area (Å²) < 4.78 is 18.4. The van der Waals surface area contributed by atoms with Crippen molar-refractivity contribution in [3.8, 4) is 0 Å². The monoisotopic (exact) mass is 308 g/mol. The minimum absolute atomic E-state index is 0.0631. The van der Waals surface area contributed by atoms with E-state index in [4.69, 9.17) is 10.4 Å². The maximum atomic E-state index is 11.0. The first-order valence-corrected chi connectivity index (χ1v) is 6.18. The predicted octanol–water partition coefficient (Wildman–Crippen LogP) is 1.11. The third kappa shape index (κ3) is 12.9. The maximum absolute atomic E-state index is 11.0. The summed E-state index contributed by atoms with van der Waals surface area (Å²) in [4.78, 5) is 25.8. The highest BCUT2D eigenvalue weighted by Gasteiger charge is 2.07. The summed E-state index contributed by atoms with van der Waals surface area (Å²) in [6, 6.07) is 0. The molecule has 0 fully saturated rings. The van der Waals surface area contributed by atoms with Gasteiger partial charge >= 0.3 is 12.3 Å². The number of hydrogen-bond acceptors (Lipinski definition) is 9. The molecule has 0 heterocycles. The van der Waals surface area contributed by atoms with Crippen LogP contribution in [0.2, 0.25) is 0 Å². The normalized spacial score (nSPS) is 13.5. The molecule has 0 saturated carbocycles. The molecule has 0 bridgehead atoms. The van der Waals surface area contributed by atoms with Crippen molar-refractivity contribution in [3.63, 3.8) is 0 Å². The zero-order valence-electron chi connectivity index (χ0n) is 11.9. The summed E-state index contributed by atoms with van der Waals surface area (Å²) >= 11 is 0. The number of hydrogen-bond donors (Lipinski definition) is 2. The molecule has 2 N–H and O–H groups in total.